The molecule has 1 aliphatic heterocycles. The van der Waals surface area contributed by atoms with Crippen LogP contribution in [0.4, 0.5) is 0 Å². The van der Waals surface area contributed by atoms with Gasteiger partial charge in [-0.3, -0.25) is 9.48 Å². The van der Waals surface area contributed by atoms with Gasteiger partial charge in [0.2, 0.25) is 0 Å². The molecule has 1 saturated carbocycles. The first-order valence-electron chi connectivity index (χ1n) is 5.03. The summed E-state index contributed by atoms with van der Waals surface area (Å²) in [5.41, 5.74) is 3.21. The normalized spacial score (nSPS) is 20.6. The van der Waals surface area contributed by atoms with E-state index in [0.717, 1.165) is 35.6 Å². The van der Waals surface area contributed by atoms with Crippen molar-refractivity contribution < 1.29 is 4.79 Å². The Labute approximate surface area is 86.9 Å². The number of fused-ring (bicyclic) bond motifs is 1. The number of thioether (sulfide) groups is 1. The summed E-state index contributed by atoms with van der Waals surface area (Å²) in [5, 5.41) is 4.55. The highest BCUT2D eigenvalue weighted by Gasteiger charge is 2.30. The fraction of sp³-hybridized carbons (Fsp3) is 0.600. The van der Waals surface area contributed by atoms with Crippen LogP contribution in [0.5, 0.6) is 0 Å². The number of hydrogen-bond acceptors (Lipinski definition) is 3. The second-order valence-corrected chi connectivity index (χ2v) is 5.01. The lowest BCUT2D eigenvalue weighted by Crippen LogP contribution is -2.04. The average Bonchev–Trinajstić information content (AvgIpc) is 2.99. The van der Waals surface area contributed by atoms with Crippen LogP contribution in [-0.4, -0.2) is 21.8 Å². The van der Waals surface area contributed by atoms with Crippen molar-refractivity contribution in [2.24, 2.45) is 0 Å². The molecule has 0 atom stereocenters. The Morgan fingerprint density at radius 1 is 1.50 bits per heavy atom. The van der Waals surface area contributed by atoms with E-state index in [0.29, 0.717) is 6.04 Å². The second-order valence-electron chi connectivity index (χ2n) is 3.91. The standard InChI is InChI=1S/C10H12N2OS/c13-5-10-8-3-4-14-6-9(8)11-12(10)7-1-2-7/h5,7H,1-4,6H2. The Morgan fingerprint density at radius 3 is 3.07 bits per heavy atom. The van der Waals surface area contributed by atoms with Crippen molar-refractivity contribution in [2.75, 3.05) is 5.75 Å². The lowest BCUT2D eigenvalue weighted by Gasteiger charge is -2.08. The number of aromatic nitrogens is 2. The largest absolute Gasteiger partial charge is 0.296 e. The van der Waals surface area contributed by atoms with Crippen molar-refractivity contribution in [3.63, 3.8) is 0 Å². The van der Waals surface area contributed by atoms with Gasteiger partial charge in [0, 0.05) is 11.3 Å². The average molecular weight is 208 g/mol. The Hall–Kier alpha value is -0.770. The zero-order chi connectivity index (χ0) is 9.54. The molecule has 1 aliphatic carbocycles. The number of carbonyl (C=O) groups is 1. The Balaban J connectivity index is 2.11. The Morgan fingerprint density at radius 2 is 2.36 bits per heavy atom. The van der Waals surface area contributed by atoms with Crippen LogP contribution in [0.2, 0.25) is 0 Å². The highest BCUT2D eigenvalue weighted by molar-refractivity contribution is 7.98. The van der Waals surface area contributed by atoms with Crippen LogP contribution in [0.15, 0.2) is 0 Å². The molecule has 4 heteroatoms. The van der Waals surface area contributed by atoms with Crippen molar-refractivity contribution in [1.29, 1.82) is 0 Å². The van der Waals surface area contributed by atoms with Gasteiger partial charge in [0.05, 0.1) is 11.7 Å². The molecule has 0 unspecified atom stereocenters. The van der Waals surface area contributed by atoms with Crippen LogP contribution < -0.4 is 0 Å². The predicted molar refractivity (Wildman–Crippen MR) is 55.8 cm³/mol. The molecule has 3 nitrogen and oxygen atoms in total. The molecular weight excluding hydrogens is 196 g/mol. The molecule has 3 rings (SSSR count). The van der Waals surface area contributed by atoms with Gasteiger partial charge in [-0.2, -0.15) is 16.9 Å². The van der Waals surface area contributed by atoms with E-state index in [9.17, 15) is 4.79 Å². The molecule has 1 fully saturated rings. The molecule has 0 amide bonds. The summed E-state index contributed by atoms with van der Waals surface area (Å²) in [5.74, 6) is 2.11. The van der Waals surface area contributed by atoms with E-state index >= 15 is 0 Å². The maximum absolute atomic E-state index is 11.0. The maximum atomic E-state index is 11.0. The minimum Gasteiger partial charge on any atom is -0.296 e. The Kier molecular flexibility index (Phi) is 1.90. The van der Waals surface area contributed by atoms with Crippen molar-refractivity contribution in [3.05, 3.63) is 17.0 Å². The molecule has 1 aromatic rings. The number of nitrogens with zero attached hydrogens (tertiary/aromatic N) is 2. The first kappa shape index (κ1) is 8.53. The topological polar surface area (TPSA) is 34.9 Å². The summed E-state index contributed by atoms with van der Waals surface area (Å²) in [6.07, 6.45) is 4.38. The van der Waals surface area contributed by atoms with Crippen molar-refractivity contribution in [3.8, 4) is 0 Å². The molecule has 14 heavy (non-hydrogen) atoms. The van der Waals surface area contributed by atoms with Crippen LogP contribution >= 0.6 is 11.8 Å². The molecule has 1 aromatic heterocycles. The molecular formula is C10H12N2OS. The summed E-state index contributed by atoms with van der Waals surface area (Å²) in [6.45, 7) is 0. The van der Waals surface area contributed by atoms with Gasteiger partial charge >= 0.3 is 0 Å². The Bertz CT molecular complexity index is 382. The van der Waals surface area contributed by atoms with Gasteiger partial charge in [-0.15, -0.1) is 0 Å². The van der Waals surface area contributed by atoms with Crippen molar-refractivity contribution in [2.45, 2.75) is 31.1 Å². The minimum atomic E-state index is 0.519. The summed E-state index contributed by atoms with van der Waals surface area (Å²) < 4.78 is 1.96. The first-order valence-corrected chi connectivity index (χ1v) is 6.19. The molecule has 0 radical (unpaired) electrons. The van der Waals surface area contributed by atoms with Gasteiger partial charge in [-0.1, -0.05) is 0 Å². The van der Waals surface area contributed by atoms with Crippen molar-refractivity contribution >= 4 is 18.0 Å². The third kappa shape index (κ3) is 1.21. The number of rotatable bonds is 2. The number of hydrogen-bond donors (Lipinski definition) is 0. The summed E-state index contributed by atoms with van der Waals surface area (Å²) in [4.78, 5) is 11.0. The first-order chi connectivity index (χ1) is 6.90. The van der Waals surface area contributed by atoms with Gasteiger partial charge in [0.15, 0.2) is 6.29 Å². The lowest BCUT2D eigenvalue weighted by molar-refractivity contribution is 0.111. The van der Waals surface area contributed by atoms with Crippen LogP contribution in [0.25, 0.3) is 0 Å². The summed E-state index contributed by atoms with van der Waals surface area (Å²) in [6, 6.07) is 0.519. The summed E-state index contributed by atoms with van der Waals surface area (Å²) in [7, 11) is 0. The molecule has 0 bridgehead atoms. The smallest absolute Gasteiger partial charge is 0.168 e. The fourth-order valence-electron chi connectivity index (χ4n) is 1.98. The number of carbonyl (C=O) groups excluding carboxylic acids is 1. The van der Waals surface area contributed by atoms with Gasteiger partial charge in [0.25, 0.3) is 0 Å². The predicted octanol–water partition coefficient (Wildman–Crippen LogP) is 1.82. The highest BCUT2D eigenvalue weighted by atomic mass is 32.2. The molecule has 0 N–H and O–H groups in total. The highest BCUT2D eigenvalue weighted by Crippen LogP contribution is 2.37. The lowest BCUT2D eigenvalue weighted by atomic mass is 10.1. The third-order valence-corrected chi connectivity index (χ3v) is 3.84. The van der Waals surface area contributed by atoms with Crippen LogP contribution in [-0.2, 0) is 12.2 Å². The van der Waals surface area contributed by atoms with E-state index in [4.69, 9.17) is 0 Å². The maximum Gasteiger partial charge on any atom is 0.168 e. The van der Waals surface area contributed by atoms with E-state index in [1.807, 2.05) is 16.4 Å². The van der Waals surface area contributed by atoms with E-state index in [-0.39, 0.29) is 0 Å². The van der Waals surface area contributed by atoms with Gasteiger partial charge in [-0.25, -0.2) is 0 Å². The summed E-state index contributed by atoms with van der Waals surface area (Å²) >= 11 is 1.91. The van der Waals surface area contributed by atoms with Gasteiger partial charge in [0.1, 0.15) is 5.69 Å². The molecule has 74 valence electrons. The molecule has 0 aromatic carbocycles. The van der Waals surface area contributed by atoms with Crippen LogP contribution in [0, 0.1) is 0 Å². The SMILES string of the molecule is O=Cc1c2c(nn1C1CC1)CSCC2. The van der Waals surface area contributed by atoms with E-state index in [1.54, 1.807) is 0 Å². The monoisotopic (exact) mass is 208 g/mol. The van der Waals surface area contributed by atoms with E-state index in [1.165, 1.54) is 18.4 Å². The van der Waals surface area contributed by atoms with Crippen LogP contribution in [0.1, 0.15) is 40.6 Å². The molecule has 0 saturated heterocycles. The fourth-order valence-corrected chi connectivity index (χ4v) is 2.90. The van der Waals surface area contributed by atoms with E-state index in [2.05, 4.69) is 5.10 Å². The second kappa shape index (κ2) is 3.12. The zero-order valence-corrected chi connectivity index (χ0v) is 8.72. The third-order valence-electron chi connectivity index (χ3n) is 2.87. The zero-order valence-electron chi connectivity index (χ0n) is 7.90. The molecule has 0 spiro atoms. The molecule has 2 aliphatic rings. The quantitative estimate of drug-likeness (QED) is 0.695. The van der Waals surface area contributed by atoms with Crippen molar-refractivity contribution in [1.82, 2.24) is 9.78 Å². The van der Waals surface area contributed by atoms with Crippen LogP contribution in [0.3, 0.4) is 0 Å². The number of aldehydes is 1. The van der Waals surface area contributed by atoms with Gasteiger partial charge < -0.3 is 0 Å². The van der Waals surface area contributed by atoms with Gasteiger partial charge in [-0.05, 0) is 25.0 Å². The molecule has 2 heterocycles. The van der Waals surface area contributed by atoms with E-state index < -0.39 is 0 Å². The minimum absolute atomic E-state index is 0.519.